The highest BCUT2D eigenvalue weighted by Crippen LogP contribution is 2.44. The van der Waals surface area contributed by atoms with Crippen molar-refractivity contribution < 1.29 is 23.7 Å². The molecule has 0 amide bonds. The van der Waals surface area contributed by atoms with Crippen molar-refractivity contribution in [2.75, 3.05) is 11.0 Å². The first-order valence-corrected chi connectivity index (χ1v) is 16.2. The molecule has 0 N–H and O–H groups in total. The molecule has 6 nitrogen and oxygen atoms in total. The molecule has 4 heterocycles. The first-order valence-electron chi connectivity index (χ1n) is 14.7. The van der Waals surface area contributed by atoms with Crippen LogP contribution in [0.1, 0.15) is 110 Å². The van der Waals surface area contributed by atoms with Crippen LogP contribution >= 0.6 is 22.6 Å². The second-order valence-electron chi connectivity index (χ2n) is 11.3. The van der Waals surface area contributed by atoms with E-state index in [0.717, 1.165) is 62.2 Å². The van der Waals surface area contributed by atoms with Gasteiger partial charge in [0.1, 0.15) is 11.7 Å². The van der Waals surface area contributed by atoms with Gasteiger partial charge in [-0.3, -0.25) is 4.79 Å². The molecule has 0 aromatic carbocycles. The molecule has 4 aliphatic rings. The van der Waals surface area contributed by atoms with Gasteiger partial charge in [0.2, 0.25) is 6.54 Å². The number of rotatable bonds is 12. The van der Waals surface area contributed by atoms with Gasteiger partial charge < -0.3 is 23.8 Å². The summed E-state index contributed by atoms with van der Waals surface area (Å²) in [6.45, 7) is 16.1. The number of ether oxygens (including phenoxy) is 4. The zero-order chi connectivity index (χ0) is 26.7. The zero-order valence-corrected chi connectivity index (χ0v) is 25.2. The Morgan fingerprint density at radius 2 is 1.73 bits per heavy atom. The second-order valence-corrected chi connectivity index (χ2v) is 12.0. The van der Waals surface area contributed by atoms with Crippen molar-refractivity contribution in [1.82, 2.24) is 0 Å². The molecule has 7 heteroatoms. The number of carbonyl (C=O) groups excluding carboxylic acids is 1. The van der Waals surface area contributed by atoms with Crippen LogP contribution in [0.2, 0.25) is 0 Å². The molecule has 0 aromatic rings. The number of carbonyl (C=O) groups is 1. The average molecular weight is 630 g/mol. The summed E-state index contributed by atoms with van der Waals surface area (Å²) < 4.78 is 24.9. The molecule has 0 saturated carbocycles. The number of cyclic esters (lactones) is 1. The van der Waals surface area contributed by atoms with E-state index in [0.29, 0.717) is 25.2 Å². The normalized spacial score (nSPS) is 35.0. The highest BCUT2D eigenvalue weighted by Gasteiger charge is 2.52. The smallest absolute Gasteiger partial charge is 0.306 e. The Balaban J connectivity index is 0.000000206. The molecule has 37 heavy (non-hydrogen) atoms. The number of halogens is 1. The van der Waals surface area contributed by atoms with E-state index in [4.69, 9.17) is 25.5 Å². The largest absolute Gasteiger partial charge is 0.462 e. The fraction of sp³-hybridized carbons (Fsp3) is 0.867. The Morgan fingerprint density at radius 1 is 0.973 bits per heavy atom. The van der Waals surface area contributed by atoms with Crippen molar-refractivity contribution >= 4 is 28.6 Å². The molecule has 0 aromatic heterocycles. The SMILES string of the molecule is C=C1C[C@H](CCCC)O[C@H]1CC[C@@H]1CCC(=O)O1.[C-]#[N+]CC[C@H]1CC[C@@H]2O[C@@H](CCCC)C[C@]2(CI)O1. The number of fused-ring (bicyclic) bond motifs is 1. The monoisotopic (exact) mass is 629 g/mol. The molecule has 0 aliphatic carbocycles. The van der Waals surface area contributed by atoms with Gasteiger partial charge in [-0.25, -0.2) is 6.57 Å². The van der Waals surface area contributed by atoms with Crippen molar-refractivity contribution in [3.05, 3.63) is 23.6 Å². The lowest BCUT2D eigenvalue weighted by Gasteiger charge is -2.40. The summed E-state index contributed by atoms with van der Waals surface area (Å²) in [5.74, 6) is -0.0491. The maximum atomic E-state index is 11.0. The molecular formula is C30H48INO5. The maximum absolute atomic E-state index is 11.0. The Bertz CT molecular complexity index is 770. The van der Waals surface area contributed by atoms with E-state index in [-0.39, 0.29) is 36.0 Å². The molecule has 0 spiro atoms. The minimum absolute atomic E-state index is 0.0491. The van der Waals surface area contributed by atoms with E-state index in [9.17, 15) is 4.79 Å². The minimum atomic E-state index is -0.0656. The molecule has 4 saturated heterocycles. The van der Waals surface area contributed by atoms with Crippen molar-refractivity contribution in [3.63, 3.8) is 0 Å². The summed E-state index contributed by atoms with van der Waals surface area (Å²) in [4.78, 5) is 14.5. The first-order chi connectivity index (χ1) is 17.9. The summed E-state index contributed by atoms with van der Waals surface area (Å²) >= 11 is 2.44. The van der Waals surface area contributed by atoms with Gasteiger partial charge in [-0.05, 0) is 56.9 Å². The highest BCUT2D eigenvalue weighted by molar-refractivity contribution is 14.1. The third-order valence-electron chi connectivity index (χ3n) is 8.24. The number of hydrogen-bond acceptors (Lipinski definition) is 5. The molecular weight excluding hydrogens is 581 g/mol. The number of hydrogen-bond donors (Lipinski definition) is 0. The fourth-order valence-corrected chi connectivity index (χ4v) is 7.07. The summed E-state index contributed by atoms with van der Waals surface area (Å²) in [6.07, 6.45) is 17.3. The van der Waals surface area contributed by atoms with Crippen LogP contribution in [0.25, 0.3) is 4.85 Å². The van der Waals surface area contributed by atoms with Crippen LogP contribution in [0.4, 0.5) is 0 Å². The van der Waals surface area contributed by atoms with E-state index in [1.807, 2.05) is 0 Å². The Morgan fingerprint density at radius 3 is 2.38 bits per heavy atom. The third kappa shape index (κ3) is 9.19. The number of esters is 1. The van der Waals surface area contributed by atoms with Crippen LogP contribution in [-0.2, 0) is 23.7 Å². The van der Waals surface area contributed by atoms with Gasteiger partial charge in [-0.2, -0.15) is 0 Å². The standard InChI is InChI=1S/C15H24INO2.C15H24O3/c1-3-4-5-13-10-15(11-16)14(18-13)7-6-12(19-15)8-9-17-2;1-3-4-5-13-10-11(2)14(17-13)8-6-12-7-9-15(16)18-12/h12-14H,3-11H2,1H3;12-14H,2-10H2,1H3/t12-,13+,14+,15-;12-,13+,14+/m11/s1. The van der Waals surface area contributed by atoms with Gasteiger partial charge in [0.25, 0.3) is 0 Å². The van der Waals surface area contributed by atoms with Crippen LogP contribution in [0.3, 0.4) is 0 Å². The van der Waals surface area contributed by atoms with Crippen molar-refractivity contribution in [2.45, 2.75) is 152 Å². The van der Waals surface area contributed by atoms with Crippen LogP contribution in [0.5, 0.6) is 0 Å². The van der Waals surface area contributed by atoms with Crippen LogP contribution < -0.4 is 0 Å². The van der Waals surface area contributed by atoms with E-state index in [2.05, 4.69) is 47.9 Å². The van der Waals surface area contributed by atoms with Gasteiger partial charge >= 0.3 is 5.97 Å². The molecule has 0 unspecified atom stereocenters. The molecule has 0 radical (unpaired) electrons. The number of alkyl halides is 1. The van der Waals surface area contributed by atoms with Gasteiger partial charge in [-0.15, -0.1) is 0 Å². The van der Waals surface area contributed by atoms with Crippen LogP contribution in [-0.4, -0.2) is 59.2 Å². The predicted molar refractivity (Wildman–Crippen MR) is 155 cm³/mol. The fourth-order valence-electron chi connectivity index (χ4n) is 6.09. The molecule has 0 bridgehead atoms. The second kappa shape index (κ2) is 15.8. The van der Waals surface area contributed by atoms with E-state index in [1.165, 1.54) is 37.7 Å². The Labute approximate surface area is 238 Å². The highest BCUT2D eigenvalue weighted by atomic mass is 127. The van der Waals surface area contributed by atoms with E-state index in [1.54, 1.807) is 0 Å². The quantitative estimate of drug-likeness (QED) is 0.0742. The summed E-state index contributed by atoms with van der Waals surface area (Å²) in [7, 11) is 0. The molecule has 4 rings (SSSR count). The predicted octanol–water partition coefficient (Wildman–Crippen LogP) is 7.37. The van der Waals surface area contributed by atoms with Crippen molar-refractivity contribution in [3.8, 4) is 0 Å². The Kier molecular flexibility index (Phi) is 13.2. The van der Waals surface area contributed by atoms with Crippen LogP contribution in [0.15, 0.2) is 12.2 Å². The summed E-state index contributed by atoms with van der Waals surface area (Å²) in [6, 6.07) is 0. The van der Waals surface area contributed by atoms with Crippen molar-refractivity contribution in [2.24, 2.45) is 0 Å². The zero-order valence-electron chi connectivity index (χ0n) is 23.1. The number of nitrogens with zero attached hydrogens (tertiary/aromatic N) is 1. The molecule has 4 fully saturated rings. The van der Waals surface area contributed by atoms with Gasteiger partial charge in [-0.1, -0.05) is 68.7 Å². The van der Waals surface area contributed by atoms with E-state index >= 15 is 0 Å². The number of unbranched alkanes of at least 4 members (excludes halogenated alkanes) is 2. The van der Waals surface area contributed by atoms with Gasteiger partial charge in [0, 0.05) is 23.7 Å². The molecule has 4 aliphatic heterocycles. The molecule has 7 atom stereocenters. The lowest BCUT2D eigenvalue weighted by atomic mass is 9.87. The van der Waals surface area contributed by atoms with Crippen molar-refractivity contribution in [1.29, 1.82) is 0 Å². The summed E-state index contributed by atoms with van der Waals surface area (Å²) in [5, 5.41) is 0. The lowest BCUT2D eigenvalue weighted by molar-refractivity contribution is -0.152. The van der Waals surface area contributed by atoms with E-state index < -0.39 is 0 Å². The van der Waals surface area contributed by atoms with Gasteiger partial charge in [0.05, 0.1) is 30.5 Å². The third-order valence-corrected chi connectivity index (χ3v) is 9.53. The first kappa shape index (κ1) is 30.8. The lowest BCUT2D eigenvalue weighted by Crippen LogP contribution is -2.49. The average Bonchev–Trinajstić information content (AvgIpc) is 3.60. The Hall–Kier alpha value is -0.690. The minimum Gasteiger partial charge on any atom is -0.462 e. The maximum Gasteiger partial charge on any atom is 0.306 e. The van der Waals surface area contributed by atoms with Gasteiger partial charge in [0.15, 0.2) is 0 Å². The molecule has 210 valence electrons. The topological polar surface area (TPSA) is 58.4 Å². The van der Waals surface area contributed by atoms with Crippen LogP contribution in [0, 0.1) is 6.57 Å². The summed E-state index contributed by atoms with van der Waals surface area (Å²) in [5.41, 5.74) is 1.16.